The molecule has 2 atom stereocenters. The zero-order chi connectivity index (χ0) is 31.1. The highest BCUT2D eigenvalue weighted by Crippen LogP contribution is 2.28. The SMILES string of the molecule is Cc1cc(C)c(S(=O)(=O)NC(C)CNc2cc(C)cc3c2cnn3-c2ccc(C(=O)N3CCCC3C(N)=O)cc2)c(C)c1. The van der Waals surface area contributed by atoms with E-state index in [1.807, 2.05) is 71.0 Å². The monoisotopic (exact) mass is 602 g/mol. The number of rotatable bonds is 9. The molecule has 2 heterocycles. The van der Waals surface area contributed by atoms with Gasteiger partial charge in [0.15, 0.2) is 0 Å². The summed E-state index contributed by atoms with van der Waals surface area (Å²) < 4.78 is 31.1. The average Bonchev–Trinajstić information content (AvgIpc) is 3.58. The van der Waals surface area contributed by atoms with Gasteiger partial charge in [0.05, 0.1) is 22.3 Å². The number of nitrogens with one attached hydrogen (secondary N) is 2. The number of carbonyl (C=O) groups excluding carboxylic acids is 2. The van der Waals surface area contributed by atoms with Gasteiger partial charge in [-0.1, -0.05) is 17.7 Å². The van der Waals surface area contributed by atoms with Crippen molar-refractivity contribution < 1.29 is 18.0 Å². The number of primary amides is 1. The van der Waals surface area contributed by atoms with Crippen molar-refractivity contribution in [3.8, 4) is 5.69 Å². The summed E-state index contributed by atoms with van der Waals surface area (Å²) in [6, 6.07) is 14.0. The Labute approximate surface area is 252 Å². The Morgan fingerprint density at radius 1 is 1.02 bits per heavy atom. The molecule has 0 radical (unpaired) electrons. The first kappa shape index (κ1) is 30.2. The highest BCUT2D eigenvalue weighted by Gasteiger charge is 2.33. The van der Waals surface area contributed by atoms with Crippen LogP contribution in [0.25, 0.3) is 16.6 Å². The highest BCUT2D eigenvalue weighted by atomic mass is 32.2. The largest absolute Gasteiger partial charge is 0.383 e. The second-order valence-electron chi connectivity index (χ2n) is 11.5. The molecule has 1 saturated heterocycles. The fourth-order valence-corrected chi connectivity index (χ4v) is 7.75. The number of carbonyl (C=O) groups is 2. The first-order chi connectivity index (χ1) is 20.4. The molecule has 0 spiro atoms. The molecule has 4 N–H and O–H groups in total. The van der Waals surface area contributed by atoms with Crippen LogP contribution < -0.4 is 15.8 Å². The first-order valence-corrected chi connectivity index (χ1v) is 15.9. The number of sulfonamides is 1. The number of anilines is 1. The number of benzene rings is 3. The van der Waals surface area contributed by atoms with Gasteiger partial charge in [0.1, 0.15) is 6.04 Å². The van der Waals surface area contributed by atoms with E-state index in [4.69, 9.17) is 5.73 Å². The minimum Gasteiger partial charge on any atom is -0.383 e. The molecule has 5 rings (SSSR count). The molecule has 1 aliphatic heterocycles. The predicted octanol–water partition coefficient (Wildman–Crippen LogP) is 4.13. The summed E-state index contributed by atoms with van der Waals surface area (Å²) in [4.78, 5) is 26.7. The normalized spacial score (nSPS) is 16.0. The summed E-state index contributed by atoms with van der Waals surface area (Å²) in [5.74, 6) is -0.688. The molecule has 1 fully saturated rings. The molecular weight excluding hydrogens is 564 g/mol. The van der Waals surface area contributed by atoms with Crippen LogP contribution in [-0.4, -0.2) is 60.1 Å². The maximum absolute atomic E-state index is 13.2. The second kappa shape index (κ2) is 11.8. The van der Waals surface area contributed by atoms with Crippen LogP contribution in [0, 0.1) is 27.7 Å². The fraction of sp³-hybridized carbons (Fsp3) is 0.344. The van der Waals surface area contributed by atoms with Crippen LogP contribution in [0.3, 0.4) is 0 Å². The molecule has 1 aromatic heterocycles. The summed E-state index contributed by atoms with van der Waals surface area (Å²) >= 11 is 0. The van der Waals surface area contributed by atoms with Crippen LogP contribution in [0.2, 0.25) is 0 Å². The van der Waals surface area contributed by atoms with Gasteiger partial charge < -0.3 is 16.0 Å². The average molecular weight is 603 g/mol. The van der Waals surface area contributed by atoms with Crippen LogP contribution in [0.15, 0.2) is 59.6 Å². The minimum atomic E-state index is -3.70. The van der Waals surface area contributed by atoms with E-state index in [2.05, 4.69) is 15.1 Å². The minimum absolute atomic E-state index is 0.210. The Bertz CT molecular complexity index is 1790. The summed E-state index contributed by atoms with van der Waals surface area (Å²) in [5.41, 5.74) is 11.9. The van der Waals surface area contributed by atoms with E-state index >= 15 is 0 Å². The highest BCUT2D eigenvalue weighted by molar-refractivity contribution is 7.89. The van der Waals surface area contributed by atoms with Gasteiger partial charge in [-0.2, -0.15) is 5.10 Å². The molecule has 0 bridgehead atoms. The molecule has 11 heteroatoms. The zero-order valence-electron chi connectivity index (χ0n) is 25.1. The molecule has 2 amide bonds. The van der Waals surface area contributed by atoms with Crippen molar-refractivity contribution in [2.24, 2.45) is 5.73 Å². The molecule has 0 aliphatic carbocycles. The van der Waals surface area contributed by atoms with Gasteiger partial charge in [0.2, 0.25) is 15.9 Å². The number of likely N-dealkylation sites (tertiary alicyclic amines) is 1. The van der Waals surface area contributed by atoms with E-state index in [1.54, 1.807) is 27.9 Å². The van der Waals surface area contributed by atoms with Crippen LogP contribution in [0.5, 0.6) is 0 Å². The number of aromatic nitrogens is 2. The third-order valence-corrected chi connectivity index (χ3v) is 9.76. The molecule has 3 aromatic carbocycles. The lowest BCUT2D eigenvalue weighted by atomic mass is 10.1. The standard InChI is InChI=1S/C32H38N6O4S/c1-19-13-21(3)30(22(4)14-19)43(41,42)36-23(5)17-34-27-15-20(2)16-29-26(27)18-35-38(29)25-10-8-24(9-11-25)32(40)37-12-6-7-28(37)31(33)39/h8-11,13-16,18,23,28,34,36H,6-7,12,17H2,1-5H3,(H2,33,39). The molecule has 1 aliphatic rings. The van der Waals surface area contributed by atoms with E-state index in [0.717, 1.165) is 51.0 Å². The number of fused-ring (bicyclic) bond motifs is 1. The lowest BCUT2D eigenvalue weighted by Crippen LogP contribution is -2.43. The van der Waals surface area contributed by atoms with Crippen LogP contribution in [-0.2, 0) is 14.8 Å². The maximum atomic E-state index is 13.2. The lowest BCUT2D eigenvalue weighted by Gasteiger charge is -2.22. The third kappa shape index (κ3) is 6.14. The van der Waals surface area contributed by atoms with Gasteiger partial charge in [0.25, 0.3) is 5.91 Å². The summed E-state index contributed by atoms with van der Waals surface area (Å²) in [7, 11) is -3.70. The Morgan fingerprint density at radius 2 is 1.67 bits per heavy atom. The van der Waals surface area contributed by atoms with Gasteiger partial charge in [-0.25, -0.2) is 17.8 Å². The van der Waals surface area contributed by atoms with E-state index in [1.165, 1.54) is 0 Å². The van der Waals surface area contributed by atoms with Gasteiger partial charge in [-0.05, 0) is 101 Å². The number of amides is 2. The van der Waals surface area contributed by atoms with Crippen molar-refractivity contribution in [1.29, 1.82) is 0 Å². The quantitative estimate of drug-likeness (QED) is 0.263. The third-order valence-electron chi connectivity index (χ3n) is 7.86. The van der Waals surface area contributed by atoms with Crippen molar-refractivity contribution in [3.05, 3.63) is 82.5 Å². The molecule has 4 aromatic rings. The molecule has 43 heavy (non-hydrogen) atoms. The maximum Gasteiger partial charge on any atom is 0.254 e. The topological polar surface area (TPSA) is 139 Å². The molecule has 2 unspecified atom stereocenters. The van der Waals surface area contributed by atoms with Crippen molar-refractivity contribution >= 4 is 38.4 Å². The Balaban J connectivity index is 1.33. The van der Waals surface area contributed by atoms with Gasteiger partial charge in [-0.15, -0.1) is 0 Å². The van der Waals surface area contributed by atoms with Crippen molar-refractivity contribution in [1.82, 2.24) is 19.4 Å². The van der Waals surface area contributed by atoms with Crippen molar-refractivity contribution in [2.45, 2.75) is 64.4 Å². The van der Waals surface area contributed by atoms with Crippen LogP contribution in [0.4, 0.5) is 5.69 Å². The van der Waals surface area contributed by atoms with E-state index in [9.17, 15) is 18.0 Å². The Morgan fingerprint density at radius 3 is 2.33 bits per heavy atom. The van der Waals surface area contributed by atoms with Crippen LogP contribution in [0.1, 0.15) is 52.4 Å². The van der Waals surface area contributed by atoms with Crippen LogP contribution >= 0.6 is 0 Å². The smallest absolute Gasteiger partial charge is 0.254 e. The van der Waals surface area contributed by atoms with Gasteiger partial charge in [-0.3, -0.25) is 9.59 Å². The number of nitrogens with zero attached hydrogens (tertiary/aromatic N) is 3. The molecule has 0 saturated carbocycles. The molecule has 10 nitrogen and oxygen atoms in total. The predicted molar refractivity (Wildman–Crippen MR) is 168 cm³/mol. The van der Waals surface area contributed by atoms with Gasteiger partial charge >= 0.3 is 0 Å². The van der Waals surface area contributed by atoms with E-state index in [-0.39, 0.29) is 11.9 Å². The van der Waals surface area contributed by atoms with E-state index < -0.39 is 22.0 Å². The van der Waals surface area contributed by atoms with E-state index in [0.29, 0.717) is 30.0 Å². The number of hydrogen-bond donors (Lipinski definition) is 3. The Kier molecular flexibility index (Phi) is 8.31. The fourth-order valence-electron chi connectivity index (χ4n) is 6.05. The zero-order valence-corrected chi connectivity index (χ0v) is 26.0. The lowest BCUT2D eigenvalue weighted by molar-refractivity contribution is -0.121. The molecular formula is C32H38N6O4S. The second-order valence-corrected chi connectivity index (χ2v) is 13.2. The Hall–Kier alpha value is -4.22. The van der Waals surface area contributed by atoms with Gasteiger partial charge in [0, 0.05) is 35.8 Å². The number of hydrogen-bond acceptors (Lipinski definition) is 6. The van der Waals surface area contributed by atoms with Crippen molar-refractivity contribution in [2.75, 3.05) is 18.4 Å². The summed E-state index contributed by atoms with van der Waals surface area (Å²) in [6.45, 7) is 10.3. The molecule has 226 valence electrons. The number of aryl methyl sites for hydroxylation is 4. The summed E-state index contributed by atoms with van der Waals surface area (Å²) in [5, 5.41) is 8.90. The summed E-state index contributed by atoms with van der Waals surface area (Å²) in [6.07, 6.45) is 3.11. The van der Waals surface area contributed by atoms with Crippen molar-refractivity contribution in [3.63, 3.8) is 0 Å². The first-order valence-electron chi connectivity index (χ1n) is 14.4. The number of nitrogens with two attached hydrogens (primary N) is 1.